The van der Waals surface area contributed by atoms with Gasteiger partial charge in [-0.05, 0) is 79.1 Å². The number of aliphatic hydroxyl groups is 1. The lowest BCUT2D eigenvalue weighted by molar-refractivity contribution is -0.251. The van der Waals surface area contributed by atoms with E-state index in [2.05, 4.69) is 41.5 Å². The molecule has 10 atom stereocenters. The van der Waals surface area contributed by atoms with Crippen LogP contribution in [0, 0.1) is 45.3 Å². The standard InChI is InChI=1S/C33H50O7/c1-17(12-19(34)13-18(2)28(37)38)20-14-25-33(9)27-22(39-30(5,6)40-25)15-23-29(3,4)24(36)10-11-31(23,7)26(27)21(35)16-32(20,33)8/h17-18,20,22-25,36H,10-16H2,1-9H3,(H,37,38)/t17-,18-,20-,22+,23+,24+,25+,31+,32-,33+/m1/s1. The Bertz CT molecular complexity index is 1150. The smallest absolute Gasteiger partial charge is 0.306 e. The number of aliphatic carboxylic acids is 1. The Morgan fingerprint density at radius 3 is 2.27 bits per heavy atom. The fourth-order valence-electron chi connectivity index (χ4n) is 10.3. The number of fused-ring (bicyclic) bond motifs is 2. The molecule has 2 saturated carbocycles. The molecule has 0 bridgehead atoms. The topological polar surface area (TPSA) is 110 Å². The molecule has 1 aliphatic heterocycles. The van der Waals surface area contributed by atoms with Gasteiger partial charge in [0.15, 0.2) is 11.6 Å². The average molecular weight is 559 g/mol. The predicted octanol–water partition coefficient (Wildman–Crippen LogP) is 5.72. The number of carbonyl (C=O) groups excluding carboxylic acids is 2. The zero-order valence-corrected chi connectivity index (χ0v) is 25.9. The summed E-state index contributed by atoms with van der Waals surface area (Å²) in [5.41, 5.74) is 0.478. The molecule has 1 saturated heterocycles. The molecule has 0 amide bonds. The highest BCUT2D eigenvalue weighted by Gasteiger charge is 2.72. The lowest BCUT2D eigenvalue weighted by Gasteiger charge is -2.62. The lowest BCUT2D eigenvalue weighted by Crippen LogP contribution is -2.60. The normalized spacial score (nSPS) is 44.8. The van der Waals surface area contributed by atoms with E-state index in [-0.39, 0.29) is 58.8 Å². The quantitative estimate of drug-likeness (QED) is 0.429. The monoisotopic (exact) mass is 558 g/mol. The van der Waals surface area contributed by atoms with Crippen molar-refractivity contribution in [3.63, 3.8) is 0 Å². The van der Waals surface area contributed by atoms with Crippen LogP contribution in [0.15, 0.2) is 11.1 Å². The molecular weight excluding hydrogens is 508 g/mol. The first-order chi connectivity index (χ1) is 18.3. The SMILES string of the molecule is C[C@H](CC(=O)C[C@@H](C)[C@H]1C[C@@H]2OC(C)(C)O[C@H]3C[C@H]4C(C)(C)[C@@H](O)CC[C@]4(C)C4=C3[C@@]2(C)[C@]1(C)CC4=O)C(=O)O. The predicted molar refractivity (Wildman–Crippen MR) is 150 cm³/mol. The number of aliphatic hydroxyl groups excluding tert-OH is 1. The van der Waals surface area contributed by atoms with Crippen LogP contribution in [0.1, 0.15) is 107 Å². The van der Waals surface area contributed by atoms with Gasteiger partial charge < -0.3 is 19.7 Å². The fraction of sp³-hybridized carbons (Fsp3) is 0.848. The molecule has 5 aliphatic rings. The molecule has 0 radical (unpaired) electrons. The molecule has 1 heterocycles. The van der Waals surface area contributed by atoms with E-state index in [9.17, 15) is 24.6 Å². The number of hydrogen-bond acceptors (Lipinski definition) is 6. The maximum absolute atomic E-state index is 14.5. The Kier molecular flexibility index (Phi) is 6.89. The number of hydrogen-bond donors (Lipinski definition) is 2. The van der Waals surface area contributed by atoms with E-state index in [1.165, 1.54) is 0 Å². The van der Waals surface area contributed by atoms with E-state index in [1.54, 1.807) is 6.92 Å². The van der Waals surface area contributed by atoms with Crippen molar-refractivity contribution >= 4 is 17.5 Å². The minimum absolute atomic E-state index is 0.0148. The third kappa shape index (κ3) is 4.04. The molecule has 224 valence electrons. The van der Waals surface area contributed by atoms with Crippen LogP contribution >= 0.6 is 0 Å². The molecule has 7 heteroatoms. The van der Waals surface area contributed by atoms with Crippen molar-refractivity contribution in [1.82, 2.24) is 0 Å². The third-order valence-corrected chi connectivity index (χ3v) is 12.6. The molecule has 0 aromatic rings. The molecule has 0 unspecified atom stereocenters. The zero-order valence-electron chi connectivity index (χ0n) is 25.9. The Hall–Kier alpha value is -1.57. The van der Waals surface area contributed by atoms with Crippen molar-refractivity contribution in [3.8, 4) is 0 Å². The van der Waals surface area contributed by atoms with Crippen LogP contribution in [-0.4, -0.2) is 51.8 Å². The van der Waals surface area contributed by atoms with Crippen molar-refractivity contribution in [2.24, 2.45) is 45.3 Å². The van der Waals surface area contributed by atoms with Crippen LogP contribution in [0.3, 0.4) is 0 Å². The molecule has 0 aromatic carbocycles. The van der Waals surface area contributed by atoms with Gasteiger partial charge in [0.1, 0.15) is 5.78 Å². The summed E-state index contributed by atoms with van der Waals surface area (Å²) in [5, 5.41) is 20.4. The third-order valence-electron chi connectivity index (χ3n) is 12.6. The van der Waals surface area contributed by atoms with Crippen molar-refractivity contribution in [1.29, 1.82) is 0 Å². The summed E-state index contributed by atoms with van der Waals surface area (Å²) < 4.78 is 13.6. The molecule has 0 spiro atoms. The van der Waals surface area contributed by atoms with Crippen LogP contribution in [-0.2, 0) is 23.9 Å². The van der Waals surface area contributed by atoms with Crippen LogP contribution < -0.4 is 0 Å². The Labute approximate surface area is 239 Å². The highest BCUT2D eigenvalue weighted by molar-refractivity contribution is 6.00. The number of ether oxygens (including phenoxy) is 2. The second-order valence-corrected chi connectivity index (χ2v) is 15.7. The van der Waals surface area contributed by atoms with Gasteiger partial charge in [-0.2, -0.15) is 0 Å². The number of ketones is 2. The van der Waals surface area contributed by atoms with Crippen molar-refractivity contribution < 1.29 is 34.1 Å². The second kappa shape index (κ2) is 9.21. The number of allylic oxidation sites excluding steroid dienone is 1. The average Bonchev–Trinajstić information content (AvgIpc) is 2.98. The van der Waals surface area contributed by atoms with Gasteiger partial charge in [0, 0.05) is 30.3 Å². The van der Waals surface area contributed by atoms with E-state index in [0.717, 1.165) is 30.4 Å². The molecule has 2 N–H and O–H groups in total. The Balaban J connectivity index is 1.61. The summed E-state index contributed by atoms with van der Waals surface area (Å²) >= 11 is 0. The first-order valence-electron chi connectivity index (χ1n) is 15.4. The molecule has 0 aromatic heterocycles. The molecule has 3 fully saturated rings. The van der Waals surface area contributed by atoms with Gasteiger partial charge >= 0.3 is 5.97 Å². The van der Waals surface area contributed by atoms with Gasteiger partial charge in [0.25, 0.3) is 0 Å². The molecule has 40 heavy (non-hydrogen) atoms. The van der Waals surface area contributed by atoms with Crippen LogP contribution in [0.5, 0.6) is 0 Å². The summed E-state index contributed by atoms with van der Waals surface area (Å²) in [6.45, 7) is 18.6. The van der Waals surface area contributed by atoms with Gasteiger partial charge in [-0.15, -0.1) is 0 Å². The Morgan fingerprint density at radius 1 is 1.00 bits per heavy atom. The maximum atomic E-state index is 14.5. The summed E-state index contributed by atoms with van der Waals surface area (Å²) in [7, 11) is 0. The van der Waals surface area contributed by atoms with E-state index in [0.29, 0.717) is 19.3 Å². The summed E-state index contributed by atoms with van der Waals surface area (Å²) in [4.78, 5) is 38.8. The van der Waals surface area contributed by atoms with E-state index < -0.39 is 34.6 Å². The summed E-state index contributed by atoms with van der Waals surface area (Å²) in [5.74, 6) is -2.22. The van der Waals surface area contributed by atoms with Gasteiger partial charge in [-0.25, -0.2) is 0 Å². The Morgan fingerprint density at radius 2 is 1.65 bits per heavy atom. The molecule has 4 aliphatic carbocycles. The van der Waals surface area contributed by atoms with E-state index >= 15 is 0 Å². The van der Waals surface area contributed by atoms with Gasteiger partial charge in [0.05, 0.1) is 24.2 Å². The molecule has 7 nitrogen and oxygen atoms in total. The molecular formula is C33H50O7. The highest BCUT2D eigenvalue weighted by Crippen LogP contribution is 2.73. The van der Waals surface area contributed by atoms with E-state index in [4.69, 9.17) is 9.47 Å². The van der Waals surface area contributed by atoms with Gasteiger partial charge in [-0.1, -0.05) is 48.5 Å². The minimum atomic E-state index is -0.954. The maximum Gasteiger partial charge on any atom is 0.306 e. The molecule has 5 rings (SSSR count). The first-order valence-corrected chi connectivity index (χ1v) is 15.4. The second-order valence-electron chi connectivity index (χ2n) is 15.7. The largest absolute Gasteiger partial charge is 0.481 e. The van der Waals surface area contributed by atoms with Crippen LogP contribution in [0.4, 0.5) is 0 Å². The van der Waals surface area contributed by atoms with Crippen molar-refractivity contribution in [2.75, 3.05) is 0 Å². The van der Waals surface area contributed by atoms with Gasteiger partial charge in [-0.3, -0.25) is 14.4 Å². The van der Waals surface area contributed by atoms with Crippen molar-refractivity contribution in [3.05, 3.63) is 11.1 Å². The van der Waals surface area contributed by atoms with Crippen LogP contribution in [0.25, 0.3) is 0 Å². The number of Topliss-reactive ketones (excluding diaryl/α,β-unsaturated/α-hetero) is 2. The number of rotatable bonds is 6. The first kappa shape index (κ1) is 29.9. The number of carboxylic acid groups (broad SMARTS) is 1. The zero-order chi connectivity index (χ0) is 29.8. The minimum Gasteiger partial charge on any atom is -0.481 e. The van der Waals surface area contributed by atoms with E-state index in [1.807, 2.05) is 13.8 Å². The lowest BCUT2D eigenvalue weighted by atomic mass is 9.42. The van der Waals surface area contributed by atoms with Gasteiger partial charge in [0.2, 0.25) is 0 Å². The number of carbonyl (C=O) groups is 3. The summed E-state index contributed by atoms with van der Waals surface area (Å²) in [6.07, 6.45) is 2.77. The summed E-state index contributed by atoms with van der Waals surface area (Å²) in [6, 6.07) is 0. The van der Waals surface area contributed by atoms with Crippen LogP contribution in [0.2, 0.25) is 0 Å². The fourth-order valence-corrected chi connectivity index (χ4v) is 10.3. The number of carboxylic acids is 1. The highest BCUT2D eigenvalue weighted by atomic mass is 16.7. The van der Waals surface area contributed by atoms with Crippen molar-refractivity contribution in [2.45, 2.75) is 131 Å².